The fourth-order valence-electron chi connectivity index (χ4n) is 2.66. The van der Waals surface area contributed by atoms with E-state index in [2.05, 4.69) is 5.32 Å². The zero-order valence-corrected chi connectivity index (χ0v) is 12.8. The Kier molecular flexibility index (Phi) is 4.29. The van der Waals surface area contributed by atoms with Crippen LogP contribution in [0.5, 0.6) is 0 Å². The highest BCUT2D eigenvalue weighted by atomic mass is 16.5. The van der Waals surface area contributed by atoms with E-state index in [1.54, 1.807) is 12.1 Å². The third-order valence-corrected chi connectivity index (χ3v) is 3.84. The van der Waals surface area contributed by atoms with E-state index in [0.29, 0.717) is 17.5 Å². The van der Waals surface area contributed by atoms with Crippen LogP contribution < -0.4 is 11.1 Å². The number of cyclic esters (lactones) is 1. The van der Waals surface area contributed by atoms with Crippen LogP contribution in [0.2, 0.25) is 0 Å². The van der Waals surface area contributed by atoms with Crippen molar-refractivity contribution in [2.45, 2.75) is 12.5 Å². The minimum Gasteiger partial charge on any atom is -0.454 e. The maximum absolute atomic E-state index is 12.2. The van der Waals surface area contributed by atoms with Crippen molar-refractivity contribution in [3.8, 4) is 0 Å². The van der Waals surface area contributed by atoms with Crippen LogP contribution in [0.25, 0.3) is 0 Å². The van der Waals surface area contributed by atoms with Crippen LogP contribution in [-0.2, 0) is 16.0 Å². The van der Waals surface area contributed by atoms with E-state index in [-0.39, 0.29) is 12.6 Å². The van der Waals surface area contributed by atoms with Crippen LogP contribution >= 0.6 is 0 Å². The Balaban J connectivity index is 1.85. The van der Waals surface area contributed by atoms with E-state index < -0.39 is 17.8 Å². The lowest BCUT2D eigenvalue weighted by atomic mass is 9.93. The average molecular weight is 324 g/mol. The standard InChI is InChI=1S/C18H16N2O4/c19-16(21)10-20-17(22)12-6-7-14-13(8-12)9-15(24-18(14)23)11-4-2-1-3-5-11/h1-8,15H,9-10H2,(H2,19,21)(H,20,22). The topological polar surface area (TPSA) is 98.5 Å². The Bertz CT molecular complexity index is 802. The normalized spacial score (nSPS) is 16.0. The summed E-state index contributed by atoms with van der Waals surface area (Å²) in [6.45, 7) is -0.232. The molecule has 1 aliphatic rings. The van der Waals surface area contributed by atoms with Gasteiger partial charge in [-0.2, -0.15) is 0 Å². The van der Waals surface area contributed by atoms with Gasteiger partial charge in [0.25, 0.3) is 5.91 Å². The summed E-state index contributed by atoms with van der Waals surface area (Å²) in [5, 5.41) is 2.43. The van der Waals surface area contributed by atoms with Crippen LogP contribution in [0.1, 0.15) is 37.9 Å². The maximum Gasteiger partial charge on any atom is 0.339 e. The lowest BCUT2D eigenvalue weighted by molar-refractivity contribution is -0.117. The molecule has 6 heteroatoms. The molecule has 6 nitrogen and oxygen atoms in total. The van der Waals surface area contributed by atoms with Crippen LogP contribution in [0, 0.1) is 0 Å². The van der Waals surface area contributed by atoms with Crippen LogP contribution in [0.3, 0.4) is 0 Å². The molecule has 0 saturated heterocycles. The zero-order chi connectivity index (χ0) is 17.1. The number of carbonyl (C=O) groups is 3. The smallest absolute Gasteiger partial charge is 0.339 e. The van der Waals surface area contributed by atoms with Crippen molar-refractivity contribution in [3.05, 3.63) is 70.8 Å². The van der Waals surface area contributed by atoms with Crippen molar-refractivity contribution in [1.29, 1.82) is 0 Å². The molecule has 2 aromatic rings. The summed E-state index contributed by atoms with van der Waals surface area (Å²) in [7, 11) is 0. The Labute approximate surface area is 138 Å². The van der Waals surface area contributed by atoms with Gasteiger partial charge in [-0.3, -0.25) is 9.59 Å². The summed E-state index contributed by atoms with van der Waals surface area (Å²) in [5.74, 6) is -1.44. The van der Waals surface area contributed by atoms with Gasteiger partial charge in [0.05, 0.1) is 12.1 Å². The Morgan fingerprint density at radius 2 is 1.92 bits per heavy atom. The Morgan fingerprint density at radius 1 is 1.17 bits per heavy atom. The molecule has 0 aromatic heterocycles. The molecule has 2 aromatic carbocycles. The van der Waals surface area contributed by atoms with Crippen molar-refractivity contribution in [2.24, 2.45) is 5.73 Å². The first-order valence-electron chi connectivity index (χ1n) is 7.50. The molecular formula is C18H16N2O4. The fourth-order valence-corrected chi connectivity index (χ4v) is 2.66. The number of nitrogens with one attached hydrogen (secondary N) is 1. The molecule has 0 aliphatic carbocycles. The van der Waals surface area contributed by atoms with E-state index in [4.69, 9.17) is 10.5 Å². The summed E-state index contributed by atoms with van der Waals surface area (Å²) in [4.78, 5) is 35.0. The number of fused-ring (bicyclic) bond motifs is 1. The van der Waals surface area contributed by atoms with E-state index >= 15 is 0 Å². The van der Waals surface area contributed by atoms with Crippen LogP contribution in [-0.4, -0.2) is 24.3 Å². The van der Waals surface area contributed by atoms with Gasteiger partial charge in [0, 0.05) is 12.0 Å². The summed E-state index contributed by atoms with van der Waals surface area (Å²) in [6.07, 6.45) is 0.109. The number of hydrogen-bond acceptors (Lipinski definition) is 4. The highest BCUT2D eigenvalue weighted by molar-refractivity contribution is 5.99. The van der Waals surface area contributed by atoms with Crippen molar-refractivity contribution in [2.75, 3.05) is 6.54 Å². The third-order valence-electron chi connectivity index (χ3n) is 3.84. The van der Waals surface area contributed by atoms with Gasteiger partial charge in [-0.05, 0) is 29.3 Å². The number of ether oxygens (including phenoxy) is 1. The third kappa shape index (κ3) is 3.27. The minimum absolute atomic E-state index is 0.232. The van der Waals surface area contributed by atoms with Crippen LogP contribution in [0.15, 0.2) is 48.5 Å². The summed E-state index contributed by atoms with van der Waals surface area (Å²) in [5.41, 5.74) is 7.49. The van der Waals surface area contributed by atoms with Gasteiger partial charge < -0.3 is 15.8 Å². The number of hydrogen-bond donors (Lipinski definition) is 2. The molecule has 0 spiro atoms. The average Bonchev–Trinajstić information content (AvgIpc) is 2.59. The lowest BCUT2D eigenvalue weighted by Gasteiger charge is -2.25. The van der Waals surface area contributed by atoms with E-state index in [0.717, 1.165) is 11.1 Å². The molecule has 1 atom stereocenters. The second-order valence-corrected chi connectivity index (χ2v) is 5.53. The number of primary amides is 1. The van der Waals surface area contributed by atoms with E-state index in [1.165, 1.54) is 6.07 Å². The molecule has 3 N–H and O–H groups in total. The minimum atomic E-state index is -0.617. The number of amides is 2. The summed E-state index contributed by atoms with van der Waals surface area (Å²) >= 11 is 0. The molecule has 0 fully saturated rings. The predicted octanol–water partition coefficient (Wildman–Crippen LogP) is 1.36. The predicted molar refractivity (Wildman–Crippen MR) is 86.3 cm³/mol. The molecular weight excluding hydrogens is 308 g/mol. The van der Waals surface area contributed by atoms with Gasteiger partial charge in [-0.1, -0.05) is 30.3 Å². The maximum atomic E-state index is 12.2. The van der Waals surface area contributed by atoms with E-state index in [1.807, 2.05) is 30.3 Å². The lowest BCUT2D eigenvalue weighted by Crippen LogP contribution is -2.33. The number of carbonyl (C=O) groups excluding carboxylic acids is 3. The molecule has 1 heterocycles. The number of esters is 1. The number of benzene rings is 2. The fraction of sp³-hybridized carbons (Fsp3) is 0.167. The molecule has 1 unspecified atom stereocenters. The van der Waals surface area contributed by atoms with Crippen molar-refractivity contribution < 1.29 is 19.1 Å². The quantitative estimate of drug-likeness (QED) is 0.830. The largest absolute Gasteiger partial charge is 0.454 e. The molecule has 3 rings (SSSR count). The van der Waals surface area contributed by atoms with Gasteiger partial charge in [-0.15, -0.1) is 0 Å². The number of rotatable bonds is 4. The highest BCUT2D eigenvalue weighted by Crippen LogP contribution is 2.30. The zero-order valence-electron chi connectivity index (χ0n) is 12.8. The van der Waals surface area contributed by atoms with Crippen molar-refractivity contribution >= 4 is 17.8 Å². The second-order valence-electron chi connectivity index (χ2n) is 5.53. The van der Waals surface area contributed by atoms with Gasteiger partial charge >= 0.3 is 5.97 Å². The Hall–Kier alpha value is -3.15. The number of nitrogens with two attached hydrogens (primary N) is 1. The van der Waals surface area contributed by atoms with Gasteiger partial charge in [0.2, 0.25) is 5.91 Å². The monoisotopic (exact) mass is 324 g/mol. The molecule has 0 bridgehead atoms. The Morgan fingerprint density at radius 3 is 2.62 bits per heavy atom. The van der Waals surface area contributed by atoms with Gasteiger partial charge in [-0.25, -0.2) is 4.79 Å². The van der Waals surface area contributed by atoms with Crippen LogP contribution in [0.4, 0.5) is 0 Å². The SMILES string of the molecule is NC(=O)CNC(=O)c1ccc2c(c1)CC(c1ccccc1)OC2=O. The summed E-state index contributed by atoms with van der Waals surface area (Å²) < 4.78 is 5.48. The van der Waals surface area contributed by atoms with Gasteiger partial charge in [0.1, 0.15) is 6.10 Å². The summed E-state index contributed by atoms with van der Waals surface area (Å²) in [6, 6.07) is 14.2. The van der Waals surface area contributed by atoms with Gasteiger partial charge in [0.15, 0.2) is 0 Å². The second kappa shape index (κ2) is 6.54. The molecule has 24 heavy (non-hydrogen) atoms. The molecule has 122 valence electrons. The first-order valence-corrected chi connectivity index (χ1v) is 7.50. The van der Waals surface area contributed by atoms with Crippen molar-refractivity contribution in [1.82, 2.24) is 5.32 Å². The first-order chi connectivity index (χ1) is 11.5. The highest BCUT2D eigenvalue weighted by Gasteiger charge is 2.28. The van der Waals surface area contributed by atoms with E-state index in [9.17, 15) is 14.4 Å². The first kappa shape index (κ1) is 15.7. The molecule has 1 aliphatic heterocycles. The molecule has 2 amide bonds. The molecule has 0 radical (unpaired) electrons. The van der Waals surface area contributed by atoms with Crippen molar-refractivity contribution in [3.63, 3.8) is 0 Å². The molecule has 0 saturated carbocycles.